The molecule has 3 nitrogen and oxygen atoms in total. The second-order valence-electron chi connectivity index (χ2n) is 3.63. The maximum absolute atomic E-state index is 12.2. The van der Waals surface area contributed by atoms with Crippen molar-refractivity contribution < 1.29 is 4.79 Å². The van der Waals surface area contributed by atoms with Crippen LogP contribution in [0.4, 0.5) is 0 Å². The van der Waals surface area contributed by atoms with Crippen LogP contribution in [-0.4, -0.2) is 15.6 Å². The Morgan fingerprint density at radius 3 is 2.69 bits per heavy atom. The van der Waals surface area contributed by atoms with Crippen LogP contribution in [-0.2, 0) is 7.05 Å². The molecule has 0 bridgehead atoms. The fourth-order valence-corrected chi connectivity index (χ4v) is 1.84. The third-order valence-corrected chi connectivity index (χ3v) is 2.72. The minimum Gasteiger partial charge on any atom is -0.287 e. The Morgan fingerprint density at radius 2 is 2.12 bits per heavy atom. The zero-order valence-electron chi connectivity index (χ0n) is 9.07. The molecule has 0 aliphatic carbocycles. The minimum absolute atomic E-state index is 0.0332. The van der Waals surface area contributed by atoms with Gasteiger partial charge in [-0.15, -0.1) is 0 Å². The van der Waals surface area contributed by atoms with Gasteiger partial charge in [-0.1, -0.05) is 11.6 Å². The van der Waals surface area contributed by atoms with Gasteiger partial charge < -0.3 is 0 Å². The number of ketones is 1. The van der Waals surface area contributed by atoms with Crippen molar-refractivity contribution in [2.45, 2.75) is 6.92 Å². The highest BCUT2D eigenvalue weighted by Gasteiger charge is 2.14. The van der Waals surface area contributed by atoms with Gasteiger partial charge in [0.25, 0.3) is 0 Å². The average molecular weight is 235 g/mol. The zero-order chi connectivity index (χ0) is 11.7. The van der Waals surface area contributed by atoms with Gasteiger partial charge in [0.05, 0.1) is 0 Å². The van der Waals surface area contributed by atoms with Gasteiger partial charge >= 0.3 is 0 Å². The molecular formula is C12H11ClN2O. The van der Waals surface area contributed by atoms with E-state index in [1.54, 1.807) is 42.2 Å². The monoisotopic (exact) mass is 234 g/mol. The largest absolute Gasteiger partial charge is 0.287 e. The van der Waals surface area contributed by atoms with Crippen molar-refractivity contribution in [1.29, 1.82) is 0 Å². The normalized spacial score (nSPS) is 10.4. The average Bonchev–Trinajstić information content (AvgIpc) is 2.63. The van der Waals surface area contributed by atoms with Gasteiger partial charge in [-0.05, 0) is 36.8 Å². The highest BCUT2D eigenvalue weighted by molar-refractivity contribution is 6.30. The molecule has 0 unspecified atom stereocenters. The zero-order valence-corrected chi connectivity index (χ0v) is 9.82. The number of rotatable bonds is 2. The van der Waals surface area contributed by atoms with Gasteiger partial charge in [0.1, 0.15) is 5.69 Å². The van der Waals surface area contributed by atoms with Gasteiger partial charge in [0, 0.05) is 23.8 Å². The van der Waals surface area contributed by atoms with Crippen LogP contribution in [0.1, 0.15) is 21.6 Å². The molecule has 0 aliphatic rings. The van der Waals surface area contributed by atoms with E-state index in [4.69, 9.17) is 11.6 Å². The van der Waals surface area contributed by atoms with Crippen LogP contribution < -0.4 is 0 Å². The van der Waals surface area contributed by atoms with Crippen molar-refractivity contribution >= 4 is 17.4 Å². The molecule has 16 heavy (non-hydrogen) atoms. The number of carbonyl (C=O) groups excluding carboxylic acids is 1. The molecule has 0 saturated heterocycles. The van der Waals surface area contributed by atoms with E-state index in [1.807, 2.05) is 6.92 Å². The summed E-state index contributed by atoms with van der Waals surface area (Å²) in [4.78, 5) is 12.2. The second kappa shape index (κ2) is 4.10. The van der Waals surface area contributed by atoms with Crippen molar-refractivity contribution in [3.63, 3.8) is 0 Å². The highest BCUT2D eigenvalue weighted by Crippen LogP contribution is 2.18. The quantitative estimate of drug-likeness (QED) is 0.749. The Morgan fingerprint density at radius 1 is 1.38 bits per heavy atom. The molecule has 0 spiro atoms. The Hall–Kier alpha value is -1.61. The molecule has 2 aromatic rings. The van der Waals surface area contributed by atoms with Crippen LogP contribution in [0.15, 0.2) is 30.5 Å². The maximum Gasteiger partial charge on any atom is 0.211 e. The van der Waals surface area contributed by atoms with Crippen molar-refractivity contribution in [3.05, 3.63) is 52.3 Å². The third-order valence-electron chi connectivity index (χ3n) is 2.49. The lowest BCUT2D eigenvalue weighted by Gasteiger charge is -2.05. The van der Waals surface area contributed by atoms with Gasteiger partial charge in [0.2, 0.25) is 5.78 Å². The number of hydrogen-bond acceptors (Lipinski definition) is 2. The van der Waals surface area contributed by atoms with Gasteiger partial charge in [0.15, 0.2) is 0 Å². The fraction of sp³-hybridized carbons (Fsp3) is 0.167. The van der Waals surface area contributed by atoms with Crippen molar-refractivity contribution in [2.24, 2.45) is 7.05 Å². The maximum atomic E-state index is 12.2. The summed E-state index contributed by atoms with van der Waals surface area (Å²) in [6.45, 7) is 1.87. The van der Waals surface area contributed by atoms with Crippen LogP contribution in [0.3, 0.4) is 0 Å². The molecule has 1 aromatic heterocycles. The summed E-state index contributed by atoms with van der Waals surface area (Å²) in [7, 11) is 1.75. The first-order chi connectivity index (χ1) is 7.59. The smallest absolute Gasteiger partial charge is 0.211 e. The topological polar surface area (TPSA) is 34.9 Å². The molecular weight excluding hydrogens is 224 g/mol. The van der Waals surface area contributed by atoms with E-state index < -0.39 is 0 Å². The Kier molecular flexibility index (Phi) is 2.79. The van der Waals surface area contributed by atoms with Crippen LogP contribution in [0, 0.1) is 6.92 Å². The molecule has 0 N–H and O–H groups in total. The number of benzene rings is 1. The second-order valence-corrected chi connectivity index (χ2v) is 4.06. The lowest BCUT2D eigenvalue weighted by molar-refractivity contribution is 0.102. The molecule has 0 saturated carbocycles. The molecule has 1 aromatic carbocycles. The molecule has 82 valence electrons. The molecule has 4 heteroatoms. The predicted molar refractivity (Wildman–Crippen MR) is 62.8 cm³/mol. The summed E-state index contributed by atoms with van der Waals surface area (Å²) in [5.74, 6) is -0.0332. The predicted octanol–water partition coefficient (Wildman–Crippen LogP) is 2.61. The molecule has 0 amide bonds. The first kappa shape index (κ1) is 10.9. The number of halogens is 1. The van der Waals surface area contributed by atoms with Crippen LogP contribution >= 0.6 is 11.6 Å². The van der Waals surface area contributed by atoms with Gasteiger partial charge in [-0.2, -0.15) is 5.10 Å². The molecule has 0 atom stereocenters. The van der Waals surface area contributed by atoms with Crippen molar-refractivity contribution in [2.75, 3.05) is 0 Å². The first-order valence-corrected chi connectivity index (χ1v) is 5.26. The summed E-state index contributed by atoms with van der Waals surface area (Å²) in [5.41, 5.74) is 2.11. The first-order valence-electron chi connectivity index (χ1n) is 4.88. The number of carbonyl (C=O) groups is 1. The fourth-order valence-electron chi connectivity index (χ4n) is 1.62. The van der Waals surface area contributed by atoms with E-state index >= 15 is 0 Å². The summed E-state index contributed by atoms with van der Waals surface area (Å²) < 4.78 is 1.57. The Bertz CT molecular complexity index is 546. The number of hydrogen-bond donors (Lipinski definition) is 0. The molecule has 2 rings (SSSR count). The van der Waals surface area contributed by atoms with Gasteiger partial charge in [-0.25, -0.2) is 0 Å². The molecule has 0 aliphatic heterocycles. The Balaban J connectivity index is 2.46. The molecule has 1 heterocycles. The number of aromatic nitrogens is 2. The third kappa shape index (κ3) is 1.86. The van der Waals surface area contributed by atoms with E-state index in [0.717, 1.165) is 5.56 Å². The molecule has 0 radical (unpaired) electrons. The number of aryl methyl sites for hydroxylation is 2. The van der Waals surface area contributed by atoms with E-state index in [-0.39, 0.29) is 5.78 Å². The van der Waals surface area contributed by atoms with Crippen LogP contribution in [0.5, 0.6) is 0 Å². The minimum atomic E-state index is -0.0332. The van der Waals surface area contributed by atoms with Crippen molar-refractivity contribution in [1.82, 2.24) is 9.78 Å². The Labute approximate surface area is 98.7 Å². The van der Waals surface area contributed by atoms with Crippen LogP contribution in [0.25, 0.3) is 0 Å². The van der Waals surface area contributed by atoms with E-state index in [0.29, 0.717) is 16.3 Å². The summed E-state index contributed by atoms with van der Waals surface area (Å²) >= 11 is 5.85. The number of nitrogens with zero attached hydrogens (tertiary/aromatic N) is 2. The van der Waals surface area contributed by atoms with Gasteiger partial charge in [-0.3, -0.25) is 9.48 Å². The lowest BCUT2D eigenvalue weighted by Crippen LogP contribution is -2.09. The highest BCUT2D eigenvalue weighted by atomic mass is 35.5. The SMILES string of the molecule is Cc1cc(Cl)ccc1C(=O)c1ccnn1C. The molecule has 0 fully saturated rings. The summed E-state index contributed by atoms with van der Waals surface area (Å²) in [5, 5.41) is 4.62. The summed E-state index contributed by atoms with van der Waals surface area (Å²) in [6, 6.07) is 6.95. The van der Waals surface area contributed by atoms with E-state index in [2.05, 4.69) is 5.10 Å². The lowest BCUT2D eigenvalue weighted by atomic mass is 10.0. The van der Waals surface area contributed by atoms with E-state index in [9.17, 15) is 4.79 Å². The van der Waals surface area contributed by atoms with Crippen molar-refractivity contribution in [3.8, 4) is 0 Å². The standard InChI is InChI=1S/C12H11ClN2O/c1-8-7-9(13)3-4-10(8)12(16)11-5-6-14-15(11)2/h3-7H,1-2H3. The summed E-state index contributed by atoms with van der Waals surface area (Å²) in [6.07, 6.45) is 1.61. The van der Waals surface area contributed by atoms with Crippen LogP contribution in [0.2, 0.25) is 5.02 Å². The van der Waals surface area contributed by atoms with E-state index in [1.165, 1.54) is 0 Å².